The van der Waals surface area contributed by atoms with E-state index in [1.807, 2.05) is 0 Å². The predicted octanol–water partition coefficient (Wildman–Crippen LogP) is 2.27. The number of ether oxygens (including phenoxy) is 2. The third-order valence-electron chi connectivity index (χ3n) is 7.45. The summed E-state index contributed by atoms with van der Waals surface area (Å²) in [5.41, 5.74) is 1.36. The van der Waals surface area contributed by atoms with Gasteiger partial charge in [0, 0.05) is 18.7 Å². The first-order chi connectivity index (χ1) is 10.4. The molecule has 116 valence electrons. The average Bonchev–Trinajstić information content (AvgIpc) is 3.10. The lowest BCUT2D eigenvalue weighted by atomic mass is 9.71. The number of alkyl halides is 1. The number of allylic oxidation sites excluding steroid dienone is 1. The molecular formula is C17H17BrO4. The van der Waals surface area contributed by atoms with Crippen LogP contribution in [-0.4, -0.2) is 22.6 Å². The molecule has 5 heteroatoms. The van der Waals surface area contributed by atoms with Crippen LogP contribution >= 0.6 is 15.9 Å². The fourth-order valence-corrected chi connectivity index (χ4v) is 8.92. The molecule has 6 aliphatic carbocycles. The third kappa shape index (κ3) is 1.06. The third-order valence-corrected chi connectivity index (χ3v) is 8.67. The molecule has 0 amide bonds. The minimum atomic E-state index is -1.14. The lowest BCUT2D eigenvalue weighted by Gasteiger charge is -2.32. The van der Waals surface area contributed by atoms with Crippen LogP contribution in [0.2, 0.25) is 0 Å². The Bertz CT molecular complexity index is 671. The lowest BCUT2D eigenvalue weighted by Crippen LogP contribution is -2.42. The molecule has 6 bridgehead atoms. The lowest BCUT2D eigenvalue weighted by molar-refractivity contribution is -0.222. The van der Waals surface area contributed by atoms with E-state index in [0.717, 1.165) is 17.4 Å². The van der Waals surface area contributed by atoms with Gasteiger partial charge in [0.15, 0.2) is 0 Å². The summed E-state index contributed by atoms with van der Waals surface area (Å²) in [6.45, 7) is 3.22. The second-order valence-electron chi connectivity index (χ2n) is 8.38. The molecule has 22 heavy (non-hydrogen) atoms. The maximum absolute atomic E-state index is 12.5. The zero-order chi connectivity index (χ0) is 15.1. The SMILES string of the molecule is CC1(C)OC(=O)C(=C2C3C4[C@H]5C[C@@H]3C3C2[C@@H]4[C@@H](Br)C35)C(=O)O1. The molecule has 6 saturated carbocycles. The minimum Gasteiger partial charge on any atom is -0.419 e. The molecule has 4 nitrogen and oxygen atoms in total. The van der Waals surface area contributed by atoms with Gasteiger partial charge in [0.2, 0.25) is 0 Å². The van der Waals surface area contributed by atoms with E-state index in [2.05, 4.69) is 15.9 Å². The van der Waals surface area contributed by atoms with Crippen molar-refractivity contribution < 1.29 is 19.1 Å². The van der Waals surface area contributed by atoms with Crippen LogP contribution in [0.25, 0.3) is 0 Å². The van der Waals surface area contributed by atoms with Crippen molar-refractivity contribution in [1.82, 2.24) is 0 Å². The van der Waals surface area contributed by atoms with E-state index in [0.29, 0.717) is 40.3 Å². The standard InChI is InChI=1S/C17H17BrO4/c1-17(2)21-15(19)13(16(20)22-17)11-6-4-3-5-7(6)12-10(11)8(4)9(5)14(12)18/h4-10,12,14H,3H2,1-2H3/t4-,5+,6?,7?,8?,9?,10?,12+,14-/m0/s1. The van der Waals surface area contributed by atoms with Gasteiger partial charge in [-0.2, -0.15) is 0 Å². The molecule has 9 atom stereocenters. The first-order valence-electron chi connectivity index (χ1n) is 8.25. The smallest absolute Gasteiger partial charge is 0.348 e. The van der Waals surface area contributed by atoms with Gasteiger partial charge in [-0.1, -0.05) is 15.9 Å². The normalized spacial score (nSPS) is 58.2. The van der Waals surface area contributed by atoms with Crippen molar-refractivity contribution >= 4 is 27.9 Å². The number of rotatable bonds is 0. The molecule has 0 spiro atoms. The van der Waals surface area contributed by atoms with E-state index in [4.69, 9.17) is 9.47 Å². The van der Waals surface area contributed by atoms with Gasteiger partial charge in [-0.15, -0.1) is 0 Å². The van der Waals surface area contributed by atoms with Crippen LogP contribution in [0.5, 0.6) is 0 Å². The van der Waals surface area contributed by atoms with Crippen molar-refractivity contribution in [3.05, 3.63) is 11.1 Å². The van der Waals surface area contributed by atoms with E-state index in [1.54, 1.807) is 13.8 Å². The summed E-state index contributed by atoms with van der Waals surface area (Å²) in [6.07, 6.45) is 1.30. The molecule has 0 N–H and O–H groups in total. The highest BCUT2D eigenvalue weighted by Gasteiger charge is 2.82. The first kappa shape index (κ1) is 12.6. The number of hydrogen-bond acceptors (Lipinski definition) is 4. The van der Waals surface area contributed by atoms with Crippen LogP contribution in [0.4, 0.5) is 0 Å². The molecule has 7 fully saturated rings. The maximum Gasteiger partial charge on any atom is 0.348 e. The zero-order valence-corrected chi connectivity index (χ0v) is 14.0. The average molecular weight is 365 g/mol. The molecule has 5 unspecified atom stereocenters. The van der Waals surface area contributed by atoms with Crippen LogP contribution in [0.15, 0.2) is 11.1 Å². The summed E-state index contributed by atoms with van der Waals surface area (Å²) >= 11 is 3.93. The maximum atomic E-state index is 12.5. The van der Waals surface area contributed by atoms with E-state index in [-0.39, 0.29) is 5.57 Å². The largest absolute Gasteiger partial charge is 0.419 e. The van der Waals surface area contributed by atoms with E-state index < -0.39 is 17.7 Å². The summed E-state index contributed by atoms with van der Waals surface area (Å²) in [7, 11) is 0. The quantitative estimate of drug-likeness (QED) is 0.286. The number of halogens is 1. The van der Waals surface area contributed by atoms with Gasteiger partial charge in [-0.3, -0.25) is 0 Å². The number of carbonyl (C=O) groups excluding carboxylic acids is 2. The topological polar surface area (TPSA) is 52.6 Å². The van der Waals surface area contributed by atoms with Gasteiger partial charge in [-0.05, 0) is 59.3 Å². The molecule has 1 heterocycles. The Hall–Kier alpha value is -0.840. The Morgan fingerprint density at radius 2 is 1.59 bits per heavy atom. The highest BCUT2D eigenvalue weighted by molar-refractivity contribution is 9.09. The van der Waals surface area contributed by atoms with Crippen molar-refractivity contribution in [3.8, 4) is 0 Å². The summed E-state index contributed by atoms with van der Waals surface area (Å²) in [5, 5.41) is 0. The number of carbonyl (C=O) groups is 2. The summed E-state index contributed by atoms with van der Waals surface area (Å²) < 4.78 is 10.7. The van der Waals surface area contributed by atoms with Crippen LogP contribution < -0.4 is 0 Å². The molecule has 0 aromatic heterocycles. The molecule has 7 aliphatic rings. The fourth-order valence-electron chi connectivity index (χ4n) is 7.49. The molecule has 0 aromatic carbocycles. The monoisotopic (exact) mass is 364 g/mol. The second-order valence-corrected chi connectivity index (χ2v) is 9.44. The minimum absolute atomic E-state index is 0.247. The Labute approximate surface area is 136 Å². The van der Waals surface area contributed by atoms with Gasteiger partial charge in [-0.25, -0.2) is 9.59 Å². The zero-order valence-electron chi connectivity index (χ0n) is 12.4. The fraction of sp³-hybridized carbons (Fsp3) is 0.765. The second kappa shape index (κ2) is 3.33. The summed E-state index contributed by atoms with van der Waals surface area (Å²) in [4.78, 5) is 25.6. The van der Waals surface area contributed by atoms with E-state index in [1.165, 1.54) is 6.42 Å². The Kier molecular flexibility index (Phi) is 1.90. The number of hydrogen-bond donors (Lipinski definition) is 0. The summed E-state index contributed by atoms with van der Waals surface area (Å²) in [6, 6.07) is 0. The van der Waals surface area contributed by atoms with E-state index in [9.17, 15) is 9.59 Å². The van der Waals surface area contributed by atoms with Crippen LogP contribution in [-0.2, 0) is 19.1 Å². The highest BCUT2D eigenvalue weighted by Crippen LogP contribution is 2.85. The van der Waals surface area contributed by atoms with Crippen molar-refractivity contribution in [2.45, 2.75) is 30.9 Å². The van der Waals surface area contributed by atoms with E-state index >= 15 is 0 Å². The molecule has 1 aliphatic heterocycles. The molecule has 1 saturated heterocycles. The Balaban J connectivity index is 1.54. The highest BCUT2D eigenvalue weighted by atomic mass is 79.9. The van der Waals surface area contributed by atoms with Crippen molar-refractivity contribution in [3.63, 3.8) is 0 Å². The molecule has 7 rings (SSSR count). The van der Waals surface area contributed by atoms with Gasteiger partial charge in [0.05, 0.1) is 0 Å². The molecule has 0 radical (unpaired) electrons. The molecule has 0 aromatic rings. The number of esters is 2. The van der Waals surface area contributed by atoms with Crippen LogP contribution in [0, 0.1) is 47.3 Å². The Morgan fingerprint density at radius 3 is 2.23 bits per heavy atom. The number of cyclic esters (lactones) is 2. The van der Waals surface area contributed by atoms with Gasteiger partial charge >= 0.3 is 11.9 Å². The summed E-state index contributed by atoms with van der Waals surface area (Å²) in [5.74, 6) is 3.08. The Morgan fingerprint density at radius 1 is 0.955 bits per heavy atom. The van der Waals surface area contributed by atoms with Gasteiger partial charge < -0.3 is 9.47 Å². The van der Waals surface area contributed by atoms with Crippen molar-refractivity contribution in [2.75, 3.05) is 0 Å². The molecular weight excluding hydrogens is 348 g/mol. The predicted molar refractivity (Wildman–Crippen MR) is 78.5 cm³/mol. The van der Waals surface area contributed by atoms with Crippen LogP contribution in [0.3, 0.4) is 0 Å². The van der Waals surface area contributed by atoms with Gasteiger partial charge in [0.25, 0.3) is 5.79 Å². The van der Waals surface area contributed by atoms with Crippen molar-refractivity contribution in [1.29, 1.82) is 0 Å². The van der Waals surface area contributed by atoms with Gasteiger partial charge in [0.1, 0.15) is 5.57 Å². The van der Waals surface area contributed by atoms with Crippen LogP contribution in [0.1, 0.15) is 20.3 Å². The first-order valence-corrected chi connectivity index (χ1v) is 9.17. The van der Waals surface area contributed by atoms with Crippen molar-refractivity contribution in [2.24, 2.45) is 47.3 Å².